The number of nitrogens with zero attached hydrogens (tertiary/aromatic N) is 1. The Morgan fingerprint density at radius 1 is 1.13 bits per heavy atom. The van der Waals surface area contributed by atoms with Crippen LogP contribution in [0.25, 0.3) is 0 Å². The van der Waals surface area contributed by atoms with Crippen molar-refractivity contribution in [3.05, 3.63) is 0 Å². The maximum absolute atomic E-state index is 12.4. The van der Waals surface area contributed by atoms with Crippen LogP contribution in [0, 0.1) is 0 Å². The normalized spacial score (nSPS) is 27.6. The molecule has 0 spiro atoms. The number of halogens is 2. The van der Waals surface area contributed by atoms with Crippen LogP contribution in [0.3, 0.4) is 0 Å². The SMILES string of the molecule is Cl.Cl.O=C(NCC1(N2CCSCC2)CCCC1)[C@H]1CCCCN1. The first-order chi connectivity index (χ1) is 10.3. The summed E-state index contributed by atoms with van der Waals surface area (Å²) in [6.45, 7) is 4.24. The lowest BCUT2D eigenvalue weighted by molar-refractivity contribution is -0.124. The highest BCUT2D eigenvalue weighted by Gasteiger charge is 2.40. The van der Waals surface area contributed by atoms with Crippen molar-refractivity contribution >= 4 is 42.5 Å². The standard InChI is InChI=1S/C16H29N3OS.2ClH/c20-15(14-5-1-4-8-17-14)18-13-16(6-2-3-7-16)19-9-11-21-12-10-19;;/h14,17H,1-13H2,(H,18,20);2*1H/t14-;;/m1../s1. The quantitative estimate of drug-likeness (QED) is 0.782. The van der Waals surface area contributed by atoms with Crippen molar-refractivity contribution in [2.24, 2.45) is 0 Å². The van der Waals surface area contributed by atoms with Gasteiger partial charge in [0.25, 0.3) is 0 Å². The molecule has 1 atom stereocenters. The molecule has 3 aliphatic rings. The zero-order chi connectivity index (χ0) is 14.5. The number of piperidine rings is 1. The van der Waals surface area contributed by atoms with Gasteiger partial charge in [-0.2, -0.15) is 11.8 Å². The number of hydrogen-bond acceptors (Lipinski definition) is 4. The van der Waals surface area contributed by atoms with Crippen molar-refractivity contribution in [2.75, 3.05) is 37.7 Å². The number of amides is 1. The largest absolute Gasteiger partial charge is 0.353 e. The Morgan fingerprint density at radius 3 is 2.43 bits per heavy atom. The summed E-state index contributed by atoms with van der Waals surface area (Å²) in [5.41, 5.74) is 0.255. The maximum atomic E-state index is 12.4. The summed E-state index contributed by atoms with van der Waals surface area (Å²) >= 11 is 2.06. The predicted molar refractivity (Wildman–Crippen MR) is 103 cm³/mol. The van der Waals surface area contributed by atoms with Crippen LogP contribution in [0.5, 0.6) is 0 Å². The lowest BCUT2D eigenvalue weighted by Crippen LogP contribution is -2.58. The van der Waals surface area contributed by atoms with Crippen molar-refractivity contribution in [3.63, 3.8) is 0 Å². The molecule has 3 fully saturated rings. The van der Waals surface area contributed by atoms with E-state index < -0.39 is 0 Å². The van der Waals surface area contributed by atoms with Gasteiger partial charge in [0.15, 0.2) is 0 Å². The molecule has 0 aromatic rings. The van der Waals surface area contributed by atoms with Crippen LogP contribution in [0.4, 0.5) is 0 Å². The van der Waals surface area contributed by atoms with Crippen molar-refractivity contribution < 1.29 is 4.79 Å². The van der Waals surface area contributed by atoms with E-state index in [2.05, 4.69) is 27.3 Å². The Balaban J connectivity index is 0.00000132. The Labute approximate surface area is 157 Å². The minimum Gasteiger partial charge on any atom is -0.353 e. The third-order valence-electron chi connectivity index (χ3n) is 5.43. The molecule has 2 saturated heterocycles. The van der Waals surface area contributed by atoms with Crippen LogP contribution in [-0.4, -0.2) is 60.1 Å². The van der Waals surface area contributed by atoms with E-state index in [0.29, 0.717) is 0 Å². The lowest BCUT2D eigenvalue weighted by Gasteiger charge is -2.43. The number of carbonyl (C=O) groups excluding carboxylic acids is 1. The molecule has 2 aliphatic heterocycles. The molecule has 23 heavy (non-hydrogen) atoms. The van der Waals surface area contributed by atoms with Crippen molar-refractivity contribution in [2.45, 2.75) is 56.5 Å². The summed E-state index contributed by atoms with van der Waals surface area (Å²) in [5, 5.41) is 6.64. The third-order valence-corrected chi connectivity index (χ3v) is 6.38. The highest BCUT2D eigenvalue weighted by molar-refractivity contribution is 7.99. The molecule has 7 heteroatoms. The maximum Gasteiger partial charge on any atom is 0.237 e. The molecule has 3 rings (SSSR count). The molecule has 136 valence electrons. The van der Waals surface area contributed by atoms with Gasteiger partial charge in [0.05, 0.1) is 6.04 Å². The monoisotopic (exact) mass is 383 g/mol. The minimum atomic E-state index is 0. The van der Waals surface area contributed by atoms with E-state index in [9.17, 15) is 4.79 Å². The van der Waals surface area contributed by atoms with E-state index in [1.165, 1.54) is 63.1 Å². The highest BCUT2D eigenvalue weighted by Crippen LogP contribution is 2.36. The van der Waals surface area contributed by atoms with Crippen molar-refractivity contribution in [3.8, 4) is 0 Å². The van der Waals surface area contributed by atoms with E-state index in [1.54, 1.807) is 0 Å². The second-order valence-electron chi connectivity index (χ2n) is 6.75. The van der Waals surface area contributed by atoms with Crippen LogP contribution < -0.4 is 10.6 Å². The molecule has 1 amide bonds. The smallest absolute Gasteiger partial charge is 0.237 e. The van der Waals surface area contributed by atoms with E-state index in [1.807, 2.05) is 0 Å². The second-order valence-corrected chi connectivity index (χ2v) is 7.98. The summed E-state index contributed by atoms with van der Waals surface area (Å²) in [6.07, 6.45) is 8.55. The summed E-state index contributed by atoms with van der Waals surface area (Å²) in [5.74, 6) is 2.73. The number of hydrogen-bond donors (Lipinski definition) is 2. The molecule has 0 aromatic carbocycles. The van der Waals surface area contributed by atoms with Gasteiger partial charge in [0.2, 0.25) is 5.91 Å². The molecule has 0 aromatic heterocycles. The second kappa shape index (κ2) is 10.3. The van der Waals surface area contributed by atoms with E-state index >= 15 is 0 Å². The summed E-state index contributed by atoms with van der Waals surface area (Å²) < 4.78 is 0. The van der Waals surface area contributed by atoms with Gasteiger partial charge in [-0.1, -0.05) is 19.3 Å². The average Bonchev–Trinajstić information content (AvgIpc) is 3.04. The molecule has 1 saturated carbocycles. The van der Waals surface area contributed by atoms with E-state index in [-0.39, 0.29) is 42.3 Å². The molecular weight excluding hydrogens is 353 g/mol. The Hall–Kier alpha value is 0.320. The zero-order valence-corrected chi connectivity index (χ0v) is 16.3. The topological polar surface area (TPSA) is 44.4 Å². The number of thioether (sulfide) groups is 1. The van der Waals surface area contributed by atoms with Gasteiger partial charge >= 0.3 is 0 Å². The van der Waals surface area contributed by atoms with Gasteiger partial charge in [-0.25, -0.2) is 0 Å². The fourth-order valence-electron chi connectivity index (χ4n) is 4.13. The molecule has 0 radical (unpaired) electrons. The van der Waals surface area contributed by atoms with Crippen LogP contribution in [0.15, 0.2) is 0 Å². The molecule has 0 unspecified atom stereocenters. The van der Waals surface area contributed by atoms with Crippen LogP contribution in [0.1, 0.15) is 44.9 Å². The highest BCUT2D eigenvalue weighted by atomic mass is 35.5. The van der Waals surface area contributed by atoms with Crippen LogP contribution in [0.2, 0.25) is 0 Å². The van der Waals surface area contributed by atoms with Gasteiger partial charge in [-0.15, -0.1) is 24.8 Å². The van der Waals surface area contributed by atoms with Crippen LogP contribution in [-0.2, 0) is 4.79 Å². The molecule has 2 N–H and O–H groups in total. The zero-order valence-electron chi connectivity index (χ0n) is 13.8. The average molecular weight is 384 g/mol. The Bertz CT molecular complexity index is 355. The molecule has 2 heterocycles. The van der Waals surface area contributed by atoms with Gasteiger partial charge in [-0.05, 0) is 32.2 Å². The minimum absolute atomic E-state index is 0. The van der Waals surface area contributed by atoms with E-state index in [4.69, 9.17) is 0 Å². The third kappa shape index (κ3) is 5.40. The number of nitrogens with one attached hydrogen (secondary N) is 2. The van der Waals surface area contributed by atoms with Gasteiger partial charge in [0, 0.05) is 36.7 Å². The molecule has 1 aliphatic carbocycles. The van der Waals surface area contributed by atoms with Gasteiger partial charge in [-0.3, -0.25) is 9.69 Å². The van der Waals surface area contributed by atoms with Crippen molar-refractivity contribution in [1.29, 1.82) is 0 Å². The lowest BCUT2D eigenvalue weighted by atomic mass is 9.94. The molecular formula is C16H31Cl2N3OS. The first kappa shape index (κ1) is 21.4. The first-order valence-corrected chi connectivity index (χ1v) is 9.80. The van der Waals surface area contributed by atoms with Crippen LogP contribution >= 0.6 is 36.6 Å². The number of carbonyl (C=O) groups is 1. The van der Waals surface area contributed by atoms with Crippen molar-refractivity contribution in [1.82, 2.24) is 15.5 Å². The van der Waals surface area contributed by atoms with Gasteiger partial charge in [0.1, 0.15) is 0 Å². The first-order valence-electron chi connectivity index (χ1n) is 8.64. The van der Waals surface area contributed by atoms with E-state index in [0.717, 1.165) is 19.5 Å². The number of rotatable bonds is 4. The summed E-state index contributed by atoms with van der Waals surface area (Å²) in [6, 6.07) is 0.0501. The fraction of sp³-hybridized carbons (Fsp3) is 0.938. The Kier molecular flexibility index (Phi) is 9.61. The summed E-state index contributed by atoms with van der Waals surface area (Å²) in [7, 11) is 0. The molecule has 4 nitrogen and oxygen atoms in total. The van der Waals surface area contributed by atoms with Gasteiger partial charge < -0.3 is 10.6 Å². The Morgan fingerprint density at radius 2 is 1.83 bits per heavy atom. The fourth-order valence-corrected chi connectivity index (χ4v) is 5.03. The molecule has 0 bridgehead atoms. The summed E-state index contributed by atoms with van der Waals surface area (Å²) in [4.78, 5) is 15.1. The predicted octanol–water partition coefficient (Wildman–Crippen LogP) is 2.45.